The van der Waals surface area contributed by atoms with Gasteiger partial charge in [-0.3, -0.25) is 9.59 Å². The van der Waals surface area contributed by atoms with E-state index in [1.165, 1.54) is 35.4 Å². The summed E-state index contributed by atoms with van der Waals surface area (Å²) in [5.41, 5.74) is 0.833. The van der Waals surface area contributed by atoms with E-state index in [1.807, 2.05) is 24.3 Å². The van der Waals surface area contributed by atoms with Gasteiger partial charge in [-0.25, -0.2) is 13.2 Å². The number of sulfonamides is 1. The number of benzene rings is 3. The number of carbonyl (C=O) groups is 3. The lowest BCUT2D eigenvalue weighted by molar-refractivity contribution is -0.121. The fourth-order valence-electron chi connectivity index (χ4n) is 4.33. The van der Waals surface area contributed by atoms with Gasteiger partial charge in [0.1, 0.15) is 6.04 Å². The van der Waals surface area contributed by atoms with E-state index >= 15 is 0 Å². The number of ether oxygens (including phenoxy) is 1. The molecule has 1 fully saturated rings. The molecule has 0 saturated carbocycles. The van der Waals surface area contributed by atoms with Crippen molar-refractivity contribution in [2.45, 2.75) is 29.5 Å². The largest absolute Gasteiger partial charge is 0.465 e. The van der Waals surface area contributed by atoms with Crippen molar-refractivity contribution in [2.75, 3.05) is 25.6 Å². The van der Waals surface area contributed by atoms with Gasteiger partial charge in [-0.2, -0.15) is 4.31 Å². The van der Waals surface area contributed by atoms with Crippen LogP contribution in [-0.2, 0) is 24.3 Å². The van der Waals surface area contributed by atoms with Crippen molar-refractivity contribution < 1.29 is 27.5 Å². The summed E-state index contributed by atoms with van der Waals surface area (Å²) in [5, 5.41) is 1.20. The lowest BCUT2D eigenvalue weighted by Gasteiger charge is -2.27. The monoisotopic (exact) mass is 526 g/mol. The van der Waals surface area contributed by atoms with Gasteiger partial charge in [0.15, 0.2) is 5.12 Å². The second-order valence-electron chi connectivity index (χ2n) is 8.50. The van der Waals surface area contributed by atoms with E-state index in [-0.39, 0.29) is 28.2 Å². The fourth-order valence-corrected chi connectivity index (χ4v) is 7.08. The predicted octanol–water partition coefficient (Wildman–Crippen LogP) is 3.70. The number of esters is 1. The summed E-state index contributed by atoms with van der Waals surface area (Å²) in [6.45, 7) is 1.47. The molecule has 3 aromatic carbocycles. The van der Waals surface area contributed by atoms with Crippen LogP contribution in [0, 0.1) is 0 Å². The average molecular weight is 527 g/mol. The van der Waals surface area contributed by atoms with Crippen molar-refractivity contribution in [2.24, 2.45) is 0 Å². The number of likely N-dealkylation sites (N-methyl/N-ethyl adjacent to an activating group) is 1. The Kier molecular flexibility index (Phi) is 7.49. The Balaban J connectivity index is 1.66. The Bertz CT molecular complexity index is 1420. The van der Waals surface area contributed by atoms with E-state index in [0.29, 0.717) is 11.3 Å². The van der Waals surface area contributed by atoms with Gasteiger partial charge < -0.3 is 9.64 Å². The van der Waals surface area contributed by atoms with Crippen LogP contribution < -0.4 is 4.90 Å². The van der Waals surface area contributed by atoms with Crippen LogP contribution in [0.4, 0.5) is 5.69 Å². The molecule has 3 aromatic rings. The smallest absolute Gasteiger partial charge is 0.337 e. The van der Waals surface area contributed by atoms with Gasteiger partial charge in [0.25, 0.3) is 0 Å². The number of hydrogen-bond acceptors (Lipinski definition) is 7. The van der Waals surface area contributed by atoms with E-state index in [1.54, 1.807) is 37.4 Å². The highest BCUT2D eigenvalue weighted by molar-refractivity contribution is 8.14. The van der Waals surface area contributed by atoms with E-state index in [2.05, 4.69) is 0 Å². The molecule has 1 saturated heterocycles. The van der Waals surface area contributed by atoms with Crippen LogP contribution in [0.25, 0.3) is 10.8 Å². The van der Waals surface area contributed by atoms with E-state index < -0.39 is 27.9 Å². The number of thioether (sulfide) groups is 1. The van der Waals surface area contributed by atoms with Gasteiger partial charge >= 0.3 is 5.97 Å². The van der Waals surface area contributed by atoms with Crippen LogP contribution in [0.5, 0.6) is 0 Å². The number of carbonyl (C=O) groups excluding carboxylic acids is 3. The summed E-state index contributed by atoms with van der Waals surface area (Å²) in [5.74, 6) is -0.917. The molecule has 10 heteroatoms. The molecule has 2 atom stereocenters. The highest BCUT2D eigenvalue weighted by atomic mass is 32.2. The first kappa shape index (κ1) is 25.9. The van der Waals surface area contributed by atoms with Crippen LogP contribution in [0.3, 0.4) is 0 Å². The first-order chi connectivity index (χ1) is 17.1. The first-order valence-electron chi connectivity index (χ1n) is 11.3. The standard InChI is InChI=1S/C26H26N2O6S2/c1-17(29)35-22-15-24(25(30)27(2)21-11-8-19(9-12-21)26(31)34-3)28(16-22)36(32,33)23-13-10-18-6-4-5-7-20(18)14-23/h4-14,22,24H,15-16H2,1-3H3. The van der Waals surface area contributed by atoms with Gasteiger partial charge in [-0.15, -0.1) is 0 Å². The van der Waals surface area contributed by atoms with Crippen LogP contribution in [-0.4, -0.2) is 61.7 Å². The topological polar surface area (TPSA) is 101 Å². The lowest BCUT2D eigenvalue weighted by Crippen LogP contribution is -2.46. The Morgan fingerprint density at radius 2 is 1.67 bits per heavy atom. The molecule has 0 N–H and O–H groups in total. The molecule has 36 heavy (non-hydrogen) atoms. The first-order valence-corrected chi connectivity index (χ1v) is 13.6. The summed E-state index contributed by atoms with van der Waals surface area (Å²) in [6.07, 6.45) is 0.209. The molecule has 0 spiro atoms. The van der Waals surface area contributed by atoms with Crippen LogP contribution in [0.1, 0.15) is 23.7 Å². The number of amides is 1. The molecule has 1 aliphatic heterocycles. The van der Waals surface area contributed by atoms with Gasteiger partial charge in [0, 0.05) is 31.5 Å². The SMILES string of the molecule is COC(=O)c1ccc(N(C)C(=O)C2CC(SC(C)=O)CN2S(=O)(=O)c2ccc3ccccc3c2)cc1. The second kappa shape index (κ2) is 10.4. The van der Waals surface area contributed by atoms with Gasteiger partial charge in [0.05, 0.1) is 17.6 Å². The molecule has 188 valence electrons. The Morgan fingerprint density at radius 1 is 1.00 bits per heavy atom. The summed E-state index contributed by atoms with van der Waals surface area (Å²) in [4.78, 5) is 38.6. The number of methoxy groups -OCH3 is 1. The molecule has 0 aliphatic carbocycles. The molecular weight excluding hydrogens is 500 g/mol. The molecule has 0 radical (unpaired) electrons. The van der Waals surface area contributed by atoms with Crippen molar-refractivity contribution >= 4 is 55.2 Å². The molecular formula is C26H26N2O6S2. The maximum atomic E-state index is 13.7. The third-order valence-corrected chi connectivity index (χ3v) is 9.05. The molecule has 8 nitrogen and oxygen atoms in total. The van der Waals surface area contributed by atoms with Crippen molar-refractivity contribution in [3.8, 4) is 0 Å². The predicted molar refractivity (Wildman–Crippen MR) is 139 cm³/mol. The zero-order valence-electron chi connectivity index (χ0n) is 20.1. The number of hydrogen-bond donors (Lipinski definition) is 0. The molecule has 1 amide bonds. The van der Waals surface area contributed by atoms with Crippen molar-refractivity contribution in [3.63, 3.8) is 0 Å². The highest BCUT2D eigenvalue weighted by Gasteiger charge is 2.45. The molecule has 0 aromatic heterocycles. The highest BCUT2D eigenvalue weighted by Crippen LogP contribution is 2.35. The van der Waals surface area contributed by atoms with Crippen molar-refractivity contribution in [3.05, 3.63) is 72.3 Å². The molecule has 4 rings (SSSR count). The number of nitrogens with zero attached hydrogens (tertiary/aromatic N) is 2. The Labute approximate surface area is 214 Å². The minimum Gasteiger partial charge on any atom is -0.465 e. The second-order valence-corrected chi connectivity index (χ2v) is 11.9. The summed E-state index contributed by atoms with van der Waals surface area (Å²) < 4.78 is 33.4. The zero-order valence-corrected chi connectivity index (χ0v) is 21.7. The van der Waals surface area contributed by atoms with Gasteiger partial charge in [0.2, 0.25) is 15.9 Å². The average Bonchev–Trinajstić information content (AvgIpc) is 3.31. The van der Waals surface area contributed by atoms with Crippen molar-refractivity contribution in [1.82, 2.24) is 4.31 Å². The number of rotatable bonds is 6. The summed E-state index contributed by atoms with van der Waals surface area (Å²) >= 11 is 1.05. The van der Waals surface area contributed by atoms with Crippen LogP contribution >= 0.6 is 11.8 Å². The minimum atomic E-state index is -4.03. The van der Waals surface area contributed by atoms with Crippen LogP contribution in [0.15, 0.2) is 71.6 Å². The van der Waals surface area contributed by atoms with Crippen LogP contribution in [0.2, 0.25) is 0 Å². The van der Waals surface area contributed by atoms with E-state index in [0.717, 1.165) is 22.5 Å². The zero-order chi connectivity index (χ0) is 26.0. The molecule has 2 unspecified atom stereocenters. The quantitative estimate of drug-likeness (QED) is 0.452. The number of anilines is 1. The molecule has 1 aliphatic rings. The van der Waals surface area contributed by atoms with E-state index in [4.69, 9.17) is 4.74 Å². The van der Waals surface area contributed by atoms with E-state index in [9.17, 15) is 22.8 Å². The van der Waals surface area contributed by atoms with Gasteiger partial charge in [-0.05, 0) is 53.6 Å². The minimum absolute atomic E-state index is 0.0466. The lowest BCUT2D eigenvalue weighted by atomic mass is 10.1. The summed E-state index contributed by atoms with van der Waals surface area (Å²) in [7, 11) is -1.19. The normalized spacial score (nSPS) is 18.2. The molecule has 0 bridgehead atoms. The third kappa shape index (κ3) is 5.16. The maximum Gasteiger partial charge on any atom is 0.337 e. The van der Waals surface area contributed by atoms with Gasteiger partial charge in [-0.1, -0.05) is 42.1 Å². The molecule has 1 heterocycles. The number of fused-ring (bicyclic) bond motifs is 1. The van der Waals surface area contributed by atoms with Crippen molar-refractivity contribution in [1.29, 1.82) is 0 Å². The Morgan fingerprint density at radius 3 is 2.31 bits per heavy atom. The summed E-state index contributed by atoms with van der Waals surface area (Å²) in [6, 6.07) is 17.6. The third-order valence-electron chi connectivity index (χ3n) is 6.17. The maximum absolute atomic E-state index is 13.7. The fraction of sp³-hybridized carbons (Fsp3) is 0.269. The Hall–Kier alpha value is -3.21.